The molecule has 0 saturated carbocycles. The van der Waals surface area contributed by atoms with Crippen molar-refractivity contribution in [3.63, 3.8) is 0 Å². The van der Waals surface area contributed by atoms with E-state index >= 15 is 0 Å². The van der Waals surface area contributed by atoms with Gasteiger partial charge >= 0.3 is 0 Å². The second kappa shape index (κ2) is 3.02. The van der Waals surface area contributed by atoms with E-state index in [0.717, 1.165) is 11.1 Å². The van der Waals surface area contributed by atoms with Crippen molar-refractivity contribution in [2.24, 2.45) is 0 Å². The maximum Gasteiger partial charge on any atom is 0.251 e. The minimum atomic E-state index is -0.271. The van der Waals surface area contributed by atoms with E-state index in [1.165, 1.54) is 0 Å². The molecule has 0 radical (unpaired) electrons. The van der Waals surface area contributed by atoms with Gasteiger partial charge in [-0.1, -0.05) is 11.6 Å². The van der Waals surface area contributed by atoms with Crippen molar-refractivity contribution in [3.8, 4) is 0 Å². The molecule has 0 aliphatic carbocycles. The molecule has 74 valence electrons. The summed E-state index contributed by atoms with van der Waals surface area (Å²) in [4.78, 5) is 13.5. The van der Waals surface area contributed by atoms with Gasteiger partial charge in [-0.2, -0.15) is 0 Å². The number of halogens is 1. The van der Waals surface area contributed by atoms with Crippen molar-refractivity contribution in [1.29, 1.82) is 0 Å². The normalized spacial score (nSPS) is 24.6. The monoisotopic (exact) mass is 201 g/mol. The average Bonchev–Trinajstić information content (AvgIpc) is 2.14. The molecule has 2 nitrogen and oxygen atoms in total. The lowest BCUT2D eigenvalue weighted by molar-refractivity contribution is -0.130. The highest BCUT2D eigenvalue weighted by atomic mass is 35.5. The van der Waals surface area contributed by atoms with E-state index in [1.54, 1.807) is 4.90 Å². The van der Waals surface area contributed by atoms with Gasteiger partial charge in [-0.25, -0.2) is 0 Å². The molecule has 0 aromatic heterocycles. The summed E-state index contributed by atoms with van der Waals surface area (Å²) < 4.78 is 0. The maximum absolute atomic E-state index is 11.8. The van der Waals surface area contributed by atoms with Crippen molar-refractivity contribution in [2.75, 3.05) is 0 Å². The van der Waals surface area contributed by atoms with Crippen LogP contribution < -0.4 is 0 Å². The lowest BCUT2D eigenvalue weighted by Crippen LogP contribution is -2.46. The standard InChI is InChI=1S/C10H16ClNO/c1-6-7(2)9(13)12(8(6)11)10(3,4)5/h8H,1-5H3. The second-order valence-corrected chi connectivity index (χ2v) is 4.90. The summed E-state index contributed by atoms with van der Waals surface area (Å²) in [5, 5.41) is 0. The number of hydrogen-bond donors (Lipinski definition) is 0. The van der Waals surface area contributed by atoms with Gasteiger partial charge in [0.2, 0.25) is 0 Å². The van der Waals surface area contributed by atoms with Crippen LogP contribution >= 0.6 is 11.6 Å². The van der Waals surface area contributed by atoms with Gasteiger partial charge in [-0.3, -0.25) is 4.79 Å². The molecule has 1 unspecified atom stereocenters. The quantitative estimate of drug-likeness (QED) is 0.436. The molecular weight excluding hydrogens is 186 g/mol. The first kappa shape index (κ1) is 10.6. The van der Waals surface area contributed by atoms with Crippen molar-refractivity contribution in [3.05, 3.63) is 11.1 Å². The topological polar surface area (TPSA) is 20.3 Å². The number of amides is 1. The molecule has 0 fully saturated rings. The summed E-state index contributed by atoms with van der Waals surface area (Å²) >= 11 is 6.15. The molecule has 0 N–H and O–H groups in total. The summed E-state index contributed by atoms with van der Waals surface area (Å²) in [5.41, 5.74) is 1.28. The fourth-order valence-corrected chi connectivity index (χ4v) is 2.01. The minimum Gasteiger partial charge on any atom is -0.314 e. The molecule has 1 heterocycles. The Hall–Kier alpha value is -0.500. The summed E-state index contributed by atoms with van der Waals surface area (Å²) in [6, 6.07) is 0. The lowest BCUT2D eigenvalue weighted by Gasteiger charge is -2.35. The molecule has 1 aliphatic rings. The Labute approximate surface area is 84.6 Å². The third-order valence-corrected chi connectivity index (χ3v) is 2.96. The first-order valence-electron chi connectivity index (χ1n) is 4.42. The first-order valence-corrected chi connectivity index (χ1v) is 4.85. The molecule has 1 rings (SSSR count). The predicted octanol–water partition coefficient (Wildman–Crippen LogP) is 2.53. The third kappa shape index (κ3) is 1.60. The Morgan fingerprint density at radius 2 is 1.77 bits per heavy atom. The van der Waals surface area contributed by atoms with Crippen LogP contribution in [-0.4, -0.2) is 21.8 Å². The van der Waals surface area contributed by atoms with Crippen molar-refractivity contribution < 1.29 is 4.79 Å². The molecule has 1 amide bonds. The Kier molecular flexibility index (Phi) is 2.46. The number of alkyl halides is 1. The van der Waals surface area contributed by atoms with E-state index in [9.17, 15) is 4.79 Å². The van der Waals surface area contributed by atoms with Crippen molar-refractivity contribution in [1.82, 2.24) is 4.90 Å². The Morgan fingerprint density at radius 1 is 1.31 bits per heavy atom. The van der Waals surface area contributed by atoms with Crippen LogP contribution in [0.5, 0.6) is 0 Å². The number of carbonyl (C=O) groups is 1. The zero-order valence-electron chi connectivity index (χ0n) is 8.81. The summed E-state index contributed by atoms with van der Waals surface area (Å²) in [5.74, 6) is 0.0602. The highest BCUT2D eigenvalue weighted by Gasteiger charge is 2.39. The predicted molar refractivity (Wildman–Crippen MR) is 54.6 cm³/mol. The third-order valence-electron chi connectivity index (χ3n) is 2.44. The zero-order chi connectivity index (χ0) is 10.4. The summed E-state index contributed by atoms with van der Waals surface area (Å²) in [6.07, 6.45) is 0. The van der Waals surface area contributed by atoms with Gasteiger partial charge in [0, 0.05) is 11.1 Å². The van der Waals surface area contributed by atoms with Gasteiger partial charge in [-0.15, -0.1) is 0 Å². The van der Waals surface area contributed by atoms with Crippen LogP contribution in [0.15, 0.2) is 11.1 Å². The average molecular weight is 202 g/mol. The highest BCUT2D eigenvalue weighted by molar-refractivity contribution is 6.25. The van der Waals surface area contributed by atoms with Gasteiger partial charge in [-0.05, 0) is 40.2 Å². The van der Waals surface area contributed by atoms with Gasteiger partial charge in [0.05, 0.1) is 0 Å². The van der Waals surface area contributed by atoms with Gasteiger partial charge < -0.3 is 4.90 Å². The van der Waals surface area contributed by atoms with Crippen LogP contribution in [0.25, 0.3) is 0 Å². The Balaban J connectivity index is 3.04. The number of carbonyl (C=O) groups excluding carboxylic acids is 1. The van der Waals surface area contributed by atoms with E-state index in [0.29, 0.717) is 0 Å². The van der Waals surface area contributed by atoms with E-state index in [1.807, 2.05) is 34.6 Å². The molecule has 1 atom stereocenters. The van der Waals surface area contributed by atoms with E-state index in [4.69, 9.17) is 11.6 Å². The number of rotatable bonds is 0. The van der Waals surface area contributed by atoms with Crippen LogP contribution in [0.3, 0.4) is 0 Å². The van der Waals surface area contributed by atoms with Crippen molar-refractivity contribution >= 4 is 17.5 Å². The molecule has 0 saturated heterocycles. The molecular formula is C10H16ClNO. The zero-order valence-corrected chi connectivity index (χ0v) is 9.57. The largest absolute Gasteiger partial charge is 0.314 e. The second-order valence-electron chi connectivity index (χ2n) is 4.49. The number of hydrogen-bond acceptors (Lipinski definition) is 1. The molecule has 0 spiro atoms. The lowest BCUT2D eigenvalue weighted by atomic mass is 10.1. The molecule has 13 heavy (non-hydrogen) atoms. The first-order chi connectivity index (χ1) is 5.76. The van der Waals surface area contributed by atoms with E-state index in [-0.39, 0.29) is 16.9 Å². The number of nitrogens with zero attached hydrogens (tertiary/aromatic N) is 1. The van der Waals surface area contributed by atoms with Gasteiger partial charge in [0.15, 0.2) is 0 Å². The Bertz CT molecular complexity index is 275. The maximum atomic E-state index is 11.8. The van der Waals surface area contributed by atoms with E-state index < -0.39 is 0 Å². The summed E-state index contributed by atoms with van der Waals surface area (Å²) in [7, 11) is 0. The molecule has 0 bridgehead atoms. The van der Waals surface area contributed by atoms with Crippen LogP contribution in [0.4, 0.5) is 0 Å². The SMILES string of the molecule is CC1=C(C)C(Cl)N(C(C)(C)C)C1=O. The van der Waals surface area contributed by atoms with E-state index in [2.05, 4.69) is 0 Å². The fraction of sp³-hybridized carbons (Fsp3) is 0.700. The van der Waals surface area contributed by atoms with Gasteiger partial charge in [0.1, 0.15) is 5.50 Å². The smallest absolute Gasteiger partial charge is 0.251 e. The molecule has 0 aromatic carbocycles. The highest BCUT2D eigenvalue weighted by Crippen LogP contribution is 2.33. The van der Waals surface area contributed by atoms with Crippen LogP contribution in [-0.2, 0) is 4.79 Å². The van der Waals surface area contributed by atoms with Crippen LogP contribution in [0, 0.1) is 0 Å². The van der Waals surface area contributed by atoms with Gasteiger partial charge in [0.25, 0.3) is 5.91 Å². The van der Waals surface area contributed by atoms with Crippen LogP contribution in [0.1, 0.15) is 34.6 Å². The Morgan fingerprint density at radius 3 is 1.92 bits per heavy atom. The summed E-state index contributed by atoms with van der Waals surface area (Å²) in [6.45, 7) is 9.72. The molecule has 3 heteroatoms. The minimum absolute atomic E-state index is 0.0602. The molecule has 0 aromatic rings. The fourth-order valence-electron chi connectivity index (χ4n) is 1.47. The molecule has 1 aliphatic heterocycles. The van der Waals surface area contributed by atoms with Crippen molar-refractivity contribution in [2.45, 2.75) is 45.7 Å². The van der Waals surface area contributed by atoms with Crippen LogP contribution in [0.2, 0.25) is 0 Å².